The summed E-state index contributed by atoms with van der Waals surface area (Å²) in [5, 5.41) is 4.45. The van der Waals surface area contributed by atoms with Crippen LogP contribution in [0.3, 0.4) is 0 Å². The standard InChI is InChI=1S/C23H23FN4/c1-16(2)12-13-25-22-21-20(17-6-4-3-5-7-17)14-28(23(21)27-15-26-22)19-10-8-18(24)9-11-19/h3-11,14-16H,12-13H2,1-2H3,(H,25,26,27). The van der Waals surface area contributed by atoms with Gasteiger partial charge in [-0.2, -0.15) is 0 Å². The first-order valence-electron chi connectivity index (χ1n) is 9.55. The van der Waals surface area contributed by atoms with E-state index in [-0.39, 0.29) is 5.82 Å². The number of aromatic nitrogens is 3. The number of halogens is 1. The second kappa shape index (κ2) is 7.80. The van der Waals surface area contributed by atoms with Crippen molar-refractivity contribution in [3.8, 4) is 16.8 Å². The van der Waals surface area contributed by atoms with E-state index >= 15 is 0 Å². The van der Waals surface area contributed by atoms with Crippen LogP contribution in [-0.4, -0.2) is 21.1 Å². The van der Waals surface area contributed by atoms with Crippen LogP contribution >= 0.6 is 0 Å². The van der Waals surface area contributed by atoms with E-state index in [1.807, 2.05) is 22.8 Å². The number of nitrogens with one attached hydrogen (secondary N) is 1. The summed E-state index contributed by atoms with van der Waals surface area (Å²) in [5.41, 5.74) is 3.80. The molecule has 5 heteroatoms. The number of hydrogen-bond donors (Lipinski definition) is 1. The topological polar surface area (TPSA) is 42.7 Å². The van der Waals surface area contributed by atoms with E-state index in [1.54, 1.807) is 18.5 Å². The summed E-state index contributed by atoms with van der Waals surface area (Å²) in [4.78, 5) is 9.06. The molecule has 0 radical (unpaired) electrons. The number of anilines is 1. The maximum atomic E-state index is 13.4. The molecule has 142 valence electrons. The van der Waals surface area contributed by atoms with Crippen LogP contribution in [0.1, 0.15) is 20.3 Å². The molecule has 0 amide bonds. The Morgan fingerprint density at radius 1 is 1.00 bits per heavy atom. The van der Waals surface area contributed by atoms with Crippen molar-refractivity contribution in [3.63, 3.8) is 0 Å². The van der Waals surface area contributed by atoms with Crippen LogP contribution in [-0.2, 0) is 0 Å². The van der Waals surface area contributed by atoms with Crippen LogP contribution in [0.5, 0.6) is 0 Å². The second-order valence-electron chi connectivity index (χ2n) is 7.29. The van der Waals surface area contributed by atoms with Gasteiger partial charge < -0.3 is 9.88 Å². The number of fused-ring (bicyclic) bond motifs is 1. The molecule has 28 heavy (non-hydrogen) atoms. The lowest BCUT2D eigenvalue weighted by molar-refractivity contribution is 0.607. The predicted octanol–water partition coefficient (Wildman–Crippen LogP) is 5.68. The highest BCUT2D eigenvalue weighted by molar-refractivity contribution is 6.02. The van der Waals surface area contributed by atoms with Gasteiger partial charge >= 0.3 is 0 Å². The molecule has 2 aromatic heterocycles. The summed E-state index contributed by atoms with van der Waals surface area (Å²) >= 11 is 0. The lowest BCUT2D eigenvalue weighted by Crippen LogP contribution is -2.07. The number of hydrogen-bond acceptors (Lipinski definition) is 3. The fraction of sp³-hybridized carbons (Fsp3) is 0.217. The van der Waals surface area contributed by atoms with Crippen LogP contribution < -0.4 is 5.32 Å². The van der Waals surface area contributed by atoms with Crippen molar-refractivity contribution in [2.24, 2.45) is 5.92 Å². The zero-order chi connectivity index (χ0) is 19.5. The Morgan fingerprint density at radius 2 is 1.75 bits per heavy atom. The average Bonchev–Trinajstić information content (AvgIpc) is 3.10. The molecule has 4 rings (SSSR count). The highest BCUT2D eigenvalue weighted by Crippen LogP contribution is 2.35. The summed E-state index contributed by atoms with van der Waals surface area (Å²) < 4.78 is 15.4. The predicted molar refractivity (Wildman–Crippen MR) is 112 cm³/mol. The van der Waals surface area contributed by atoms with Crippen molar-refractivity contribution in [3.05, 3.63) is 72.9 Å². The van der Waals surface area contributed by atoms with Crippen LogP contribution in [0.2, 0.25) is 0 Å². The van der Waals surface area contributed by atoms with Crippen molar-refractivity contribution in [2.75, 3.05) is 11.9 Å². The van der Waals surface area contributed by atoms with E-state index in [0.29, 0.717) is 5.92 Å². The van der Waals surface area contributed by atoms with Gasteiger partial charge in [0.15, 0.2) is 5.65 Å². The highest BCUT2D eigenvalue weighted by Gasteiger charge is 2.17. The lowest BCUT2D eigenvalue weighted by Gasteiger charge is -2.10. The summed E-state index contributed by atoms with van der Waals surface area (Å²) in [5.74, 6) is 1.18. The average molecular weight is 374 g/mol. The van der Waals surface area contributed by atoms with Gasteiger partial charge in [0.25, 0.3) is 0 Å². The summed E-state index contributed by atoms with van der Waals surface area (Å²) in [7, 11) is 0. The molecule has 0 atom stereocenters. The quantitative estimate of drug-likeness (QED) is 0.472. The first kappa shape index (κ1) is 18.2. The number of nitrogens with zero attached hydrogens (tertiary/aromatic N) is 3. The zero-order valence-corrected chi connectivity index (χ0v) is 16.1. The molecule has 0 fully saturated rings. The van der Waals surface area contributed by atoms with Crippen molar-refractivity contribution in [1.82, 2.24) is 14.5 Å². The zero-order valence-electron chi connectivity index (χ0n) is 16.1. The maximum Gasteiger partial charge on any atom is 0.150 e. The van der Waals surface area contributed by atoms with Gasteiger partial charge in [-0.15, -0.1) is 0 Å². The third-order valence-electron chi connectivity index (χ3n) is 4.79. The van der Waals surface area contributed by atoms with Crippen LogP contribution in [0.25, 0.3) is 27.8 Å². The van der Waals surface area contributed by atoms with E-state index in [1.165, 1.54) is 12.1 Å². The molecule has 0 bridgehead atoms. The Kier molecular flexibility index (Phi) is 5.06. The van der Waals surface area contributed by atoms with Crippen molar-refractivity contribution >= 4 is 16.9 Å². The Hall–Kier alpha value is -3.21. The normalized spacial score (nSPS) is 11.3. The molecule has 1 N–H and O–H groups in total. The fourth-order valence-corrected chi connectivity index (χ4v) is 3.31. The molecule has 0 aliphatic rings. The molecule has 0 unspecified atom stereocenters. The molecule has 2 aromatic carbocycles. The van der Waals surface area contributed by atoms with Crippen LogP contribution in [0, 0.1) is 11.7 Å². The third-order valence-corrected chi connectivity index (χ3v) is 4.79. The first-order valence-corrected chi connectivity index (χ1v) is 9.55. The van der Waals surface area contributed by atoms with Gasteiger partial charge in [-0.25, -0.2) is 14.4 Å². The molecule has 2 heterocycles. The van der Waals surface area contributed by atoms with E-state index < -0.39 is 0 Å². The highest BCUT2D eigenvalue weighted by atomic mass is 19.1. The van der Waals surface area contributed by atoms with Crippen molar-refractivity contribution in [1.29, 1.82) is 0 Å². The van der Waals surface area contributed by atoms with E-state index in [0.717, 1.165) is 46.6 Å². The van der Waals surface area contributed by atoms with E-state index in [2.05, 4.69) is 47.5 Å². The molecule has 0 aliphatic carbocycles. The third kappa shape index (κ3) is 3.60. The van der Waals surface area contributed by atoms with Gasteiger partial charge in [-0.3, -0.25) is 0 Å². The van der Waals surface area contributed by atoms with Gasteiger partial charge in [-0.05, 0) is 42.2 Å². The maximum absolute atomic E-state index is 13.4. The van der Waals surface area contributed by atoms with Crippen LogP contribution in [0.4, 0.5) is 10.2 Å². The molecule has 4 nitrogen and oxygen atoms in total. The van der Waals surface area contributed by atoms with E-state index in [4.69, 9.17) is 0 Å². The first-order chi connectivity index (χ1) is 13.6. The minimum absolute atomic E-state index is 0.255. The number of benzene rings is 2. The minimum atomic E-state index is -0.255. The molecule has 4 aromatic rings. The summed E-state index contributed by atoms with van der Waals surface area (Å²) in [6.45, 7) is 5.26. The smallest absolute Gasteiger partial charge is 0.150 e. The van der Waals surface area contributed by atoms with Gasteiger partial charge in [0.05, 0.1) is 5.39 Å². The van der Waals surface area contributed by atoms with Gasteiger partial charge in [-0.1, -0.05) is 44.2 Å². The Morgan fingerprint density at radius 3 is 2.46 bits per heavy atom. The summed E-state index contributed by atoms with van der Waals surface area (Å²) in [6, 6.07) is 16.6. The molecule has 0 spiro atoms. The van der Waals surface area contributed by atoms with Crippen molar-refractivity contribution < 1.29 is 4.39 Å². The molecular weight excluding hydrogens is 351 g/mol. The van der Waals surface area contributed by atoms with Gasteiger partial charge in [0.1, 0.15) is 18.0 Å². The Bertz CT molecular complexity index is 1070. The Labute approximate surface area is 164 Å². The molecule has 0 saturated carbocycles. The molecule has 0 saturated heterocycles. The number of rotatable bonds is 6. The molecular formula is C23H23FN4. The fourth-order valence-electron chi connectivity index (χ4n) is 3.31. The monoisotopic (exact) mass is 374 g/mol. The molecule has 0 aliphatic heterocycles. The minimum Gasteiger partial charge on any atom is -0.369 e. The Balaban J connectivity index is 1.88. The van der Waals surface area contributed by atoms with Crippen LogP contribution in [0.15, 0.2) is 67.1 Å². The van der Waals surface area contributed by atoms with Crippen molar-refractivity contribution in [2.45, 2.75) is 20.3 Å². The van der Waals surface area contributed by atoms with E-state index in [9.17, 15) is 4.39 Å². The second-order valence-corrected chi connectivity index (χ2v) is 7.29. The largest absolute Gasteiger partial charge is 0.369 e. The van der Waals surface area contributed by atoms with Gasteiger partial charge in [0, 0.05) is 24.0 Å². The lowest BCUT2D eigenvalue weighted by atomic mass is 10.1. The summed E-state index contributed by atoms with van der Waals surface area (Å²) in [6.07, 6.45) is 4.69. The van der Waals surface area contributed by atoms with Gasteiger partial charge in [0.2, 0.25) is 0 Å². The SMILES string of the molecule is CC(C)CCNc1ncnc2c1c(-c1ccccc1)cn2-c1ccc(F)cc1.